The number of amides is 1. The van der Waals surface area contributed by atoms with Gasteiger partial charge in [-0.3, -0.25) is 4.79 Å². The molecule has 0 unspecified atom stereocenters. The summed E-state index contributed by atoms with van der Waals surface area (Å²) in [5, 5.41) is 2.94. The van der Waals surface area contributed by atoms with Crippen molar-refractivity contribution >= 4 is 11.9 Å². The van der Waals surface area contributed by atoms with E-state index in [0.717, 1.165) is 18.1 Å². The maximum Gasteiger partial charge on any atom is 0.339 e. The van der Waals surface area contributed by atoms with Crippen LogP contribution in [0.1, 0.15) is 51.8 Å². The second kappa shape index (κ2) is 8.00. The molecule has 2 N–H and O–H groups in total. The summed E-state index contributed by atoms with van der Waals surface area (Å²) in [6.45, 7) is 9.02. The maximum atomic E-state index is 12.5. The largest absolute Gasteiger partial charge is 0.465 e. The number of rotatable bonds is 7. The van der Waals surface area contributed by atoms with Gasteiger partial charge >= 0.3 is 5.97 Å². The summed E-state index contributed by atoms with van der Waals surface area (Å²) < 4.78 is 6.88. The highest BCUT2D eigenvalue weighted by Gasteiger charge is 2.23. The first kappa shape index (κ1) is 18.8. The molecular weight excluding hydrogens is 320 g/mol. The Balaban J connectivity index is 2.04. The molecule has 0 spiro atoms. The monoisotopic (exact) mass is 346 g/mol. The fourth-order valence-electron chi connectivity index (χ4n) is 2.88. The lowest BCUT2D eigenvalue weighted by molar-refractivity contribution is 0.0599. The Morgan fingerprint density at radius 2 is 2.12 bits per heavy atom. The van der Waals surface area contributed by atoms with Crippen LogP contribution in [0, 0.1) is 19.8 Å². The van der Waals surface area contributed by atoms with Gasteiger partial charge in [-0.2, -0.15) is 0 Å². The topological polar surface area (TPSA) is 89.0 Å². The molecule has 0 aromatic carbocycles. The van der Waals surface area contributed by atoms with E-state index in [1.807, 2.05) is 20.0 Å². The summed E-state index contributed by atoms with van der Waals surface area (Å²) in [6.07, 6.45) is 4.32. The van der Waals surface area contributed by atoms with Gasteiger partial charge in [0.25, 0.3) is 5.91 Å². The van der Waals surface area contributed by atoms with E-state index in [4.69, 9.17) is 4.74 Å². The Morgan fingerprint density at radius 1 is 1.40 bits per heavy atom. The van der Waals surface area contributed by atoms with E-state index < -0.39 is 5.97 Å². The molecule has 25 heavy (non-hydrogen) atoms. The predicted molar refractivity (Wildman–Crippen MR) is 94.7 cm³/mol. The smallest absolute Gasteiger partial charge is 0.339 e. The van der Waals surface area contributed by atoms with E-state index in [9.17, 15) is 9.59 Å². The van der Waals surface area contributed by atoms with Crippen LogP contribution in [0.3, 0.4) is 0 Å². The normalized spacial score (nSPS) is 12.0. The number of ether oxygens (including phenoxy) is 1. The van der Waals surface area contributed by atoms with Crippen molar-refractivity contribution in [3.63, 3.8) is 0 Å². The number of nitrogens with zero attached hydrogens (tertiary/aromatic N) is 2. The first-order chi connectivity index (χ1) is 11.9. The molecule has 7 nitrogen and oxygen atoms in total. The van der Waals surface area contributed by atoms with Crippen LogP contribution in [0.4, 0.5) is 0 Å². The summed E-state index contributed by atoms with van der Waals surface area (Å²) in [5.74, 6) is 0.566. The van der Waals surface area contributed by atoms with Gasteiger partial charge in [0.05, 0.1) is 12.7 Å². The van der Waals surface area contributed by atoms with Crippen LogP contribution in [0.25, 0.3) is 0 Å². The summed E-state index contributed by atoms with van der Waals surface area (Å²) in [4.78, 5) is 31.7. The average Bonchev–Trinajstić information content (AvgIpc) is 3.15. The van der Waals surface area contributed by atoms with E-state index in [-0.39, 0.29) is 11.8 Å². The highest BCUT2D eigenvalue weighted by molar-refractivity contribution is 6.00. The first-order valence-electron chi connectivity index (χ1n) is 8.44. The Bertz CT molecular complexity index is 760. The van der Waals surface area contributed by atoms with Crippen molar-refractivity contribution in [3.8, 4) is 0 Å². The molecule has 7 heteroatoms. The molecule has 1 amide bonds. The minimum absolute atomic E-state index is 0.212. The minimum atomic E-state index is -0.423. The third kappa shape index (κ3) is 4.10. The summed E-state index contributed by atoms with van der Waals surface area (Å²) in [5.41, 5.74) is 2.22. The lowest BCUT2D eigenvalue weighted by Gasteiger charge is -2.14. The molecule has 0 saturated carbocycles. The van der Waals surface area contributed by atoms with Crippen molar-refractivity contribution in [2.24, 2.45) is 5.92 Å². The van der Waals surface area contributed by atoms with Crippen molar-refractivity contribution in [3.05, 3.63) is 40.7 Å². The Morgan fingerprint density at radius 3 is 2.68 bits per heavy atom. The Labute approximate surface area is 147 Å². The van der Waals surface area contributed by atoms with E-state index in [2.05, 4.69) is 26.8 Å². The lowest BCUT2D eigenvalue weighted by Crippen LogP contribution is -2.30. The van der Waals surface area contributed by atoms with E-state index in [0.29, 0.717) is 29.8 Å². The fraction of sp³-hybridized carbons (Fsp3) is 0.500. The number of hydrogen-bond acceptors (Lipinski definition) is 4. The van der Waals surface area contributed by atoms with Crippen LogP contribution in [-0.4, -0.2) is 40.1 Å². The average molecular weight is 346 g/mol. The molecule has 2 aromatic rings. The number of hydrogen-bond donors (Lipinski definition) is 2. The summed E-state index contributed by atoms with van der Waals surface area (Å²) in [7, 11) is 1.34. The third-order valence-electron chi connectivity index (χ3n) is 4.34. The minimum Gasteiger partial charge on any atom is -0.465 e. The predicted octanol–water partition coefficient (Wildman–Crippen LogP) is 2.24. The molecule has 2 rings (SSSR count). The van der Waals surface area contributed by atoms with E-state index >= 15 is 0 Å². The number of methoxy groups -OCH3 is 1. The van der Waals surface area contributed by atoms with E-state index in [1.54, 1.807) is 13.1 Å². The van der Waals surface area contributed by atoms with Gasteiger partial charge in [-0.1, -0.05) is 13.8 Å². The molecular formula is C18H26N4O3. The first-order valence-corrected chi connectivity index (χ1v) is 8.44. The molecule has 0 radical (unpaired) electrons. The van der Waals surface area contributed by atoms with Crippen LogP contribution in [0.5, 0.6) is 0 Å². The van der Waals surface area contributed by atoms with Gasteiger partial charge in [0.1, 0.15) is 11.5 Å². The SMILES string of the molecule is CCc1[nH]c(C(=O)NC[C@@H](C)Cn2ccnc2C)c(C)c1C(=O)OC. The number of aromatic nitrogens is 3. The van der Waals surface area contributed by atoms with Gasteiger partial charge in [0, 0.05) is 31.2 Å². The van der Waals surface area contributed by atoms with Gasteiger partial charge in [-0.25, -0.2) is 9.78 Å². The molecule has 0 aliphatic heterocycles. The number of nitrogens with one attached hydrogen (secondary N) is 2. The molecule has 2 aromatic heterocycles. The van der Waals surface area contributed by atoms with Crippen molar-refractivity contribution in [2.45, 2.75) is 40.7 Å². The molecule has 1 atom stereocenters. The molecule has 136 valence electrons. The lowest BCUT2D eigenvalue weighted by atomic mass is 10.1. The van der Waals surface area contributed by atoms with Gasteiger partial charge in [0.2, 0.25) is 0 Å². The quantitative estimate of drug-likeness (QED) is 0.753. The fourth-order valence-corrected chi connectivity index (χ4v) is 2.88. The second-order valence-electron chi connectivity index (χ2n) is 6.27. The van der Waals surface area contributed by atoms with Crippen molar-refractivity contribution in [1.29, 1.82) is 0 Å². The molecule has 2 heterocycles. The number of H-pyrrole nitrogens is 1. The van der Waals surface area contributed by atoms with Crippen LogP contribution in [0.2, 0.25) is 0 Å². The van der Waals surface area contributed by atoms with Crippen LogP contribution in [-0.2, 0) is 17.7 Å². The zero-order valence-electron chi connectivity index (χ0n) is 15.5. The van der Waals surface area contributed by atoms with Crippen molar-refractivity contribution in [2.75, 3.05) is 13.7 Å². The van der Waals surface area contributed by atoms with Gasteiger partial charge in [-0.05, 0) is 31.7 Å². The van der Waals surface area contributed by atoms with Gasteiger partial charge in [-0.15, -0.1) is 0 Å². The van der Waals surface area contributed by atoms with Crippen molar-refractivity contribution < 1.29 is 14.3 Å². The standard InChI is InChI=1S/C18H26N4O3/c1-6-14-15(18(24)25-5)12(3)16(21-14)17(23)20-9-11(2)10-22-8-7-19-13(22)4/h7-8,11,21H,6,9-10H2,1-5H3,(H,20,23)/t11-/m1/s1. The molecule has 0 fully saturated rings. The molecule has 0 aliphatic carbocycles. The zero-order valence-corrected chi connectivity index (χ0v) is 15.5. The molecule has 0 bridgehead atoms. The van der Waals surface area contributed by atoms with Crippen LogP contribution in [0.15, 0.2) is 12.4 Å². The Kier molecular flexibility index (Phi) is 6.01. The number of carbonyl (C=O) groups excluding carboxylic acids is 2. The van der Waals surface area contributed by atoms with Crippen LogP contribution < -0.4 is 5.32 Å². The molecule has 0 aliphatic rings. The third-order valence-corrected chi connectivity index (χ3v) is 4.34. The number of carbonyl (C=O) groups is 2. The Hall–Kier alpha value is -2.57. The van der Waals surface area contributed by atoms with Crippen LogP contribution >= 0.6 is 0 Å². The number of aryl methyl sites for hydroxylation is 2. The van der Waals surface area contributed by atoms with E-state index in [1.165, 1.54) is 7.11 Å². The molecule has 0 saturated heterocycles. The number of esters is 1. The summed E-state index contributed by atoms with van der Waals surface area (Å²) in [6, 6.07) is 0. The van der Waals surface area contributed by atoms with Gasteiger partial charge < -0.3 is 19.6 Å². The highest BCUT2D eigenvalue weighted by atomic mass is 16.5. The second-order valence-corrected chi connectivity index (χ2v) is 6.27. The van der Waals surface area contributed by atoms with Crippen molar-refractivity contribution in [1.82, 2.24) is 19.9 Å². The summed E-state index contributed by atoms with van der Waals surface area (Å²) >= 11 is 0. The zero-order chi connectivity index (χ0) is 18.6. The number of aromatic amines is 1. The number of imidazole rings is 1. The van der Waals surface area contributed by atoms with Gasteiger partial charge in [0.15, 0.2) is 0 Å². The maximum absolute atomic E-state index is 12.5. The highest BCUT2D eigenvalue weighted by Crippen LogP contribution is 2.20.